The molecular weight excluding hydrogens is 178 g/mol. The second-order valence-corrected chi connectivity index (χ2v) is 3.67. The second-order valence-electron chi connectivity index (χ2n) is 3.67. The molecule has 0 saturated heterocycles. The average Bonchev–Trinajstić information content (AvgIpc) is 2.70. The Kier molecular flexibility index (Phi) is 4.17. The largest absolute Gasteiger partial charge is 0.472 e. The van der Waals surface area contributed by atoms with Gasteiger partial charge in [-0.1, -0.05) is 13.8 Å². The van der Waals surface area contributed by atoms with Crippen LogP contribution in [0.1, 0.15) is 32.3 Å². The minimum Gasteiger partial charge on any atom is -0.472 e. The number of furan rings is 1. The lowest BCUT2D eigenvalue weighted by Gasteiger charge is -2.25. The van der Waals surface area contributed by atoms with Crippen molar-refractivity contribution in [3.8, 4) is 0 Å². The Bertz CT molecular complexity index is 240. The third-order valence-electron chi connectivity index (χ3n) is 2.68. The van der Waals surface area contributed by atoms with Gasteiger partial charge in [-0.3, -0.25) is 0 Å². The van der Waals surface area contributed by atoms with Crippen LogP contribution in [0.2, 0.25) is 0 Å². The number of rotatable bonds is 6. The van der Waals surface area contributed by atoms with Crippen molar-refractivity contribution >= 4 is 0 Å². The fraction of sp³-hybridized carbons (Fsp3) is 0.636. The quantitative estimate of drug-likeness (QED) is 0.732. The van der Waals surface area contributed by atoms with Crippen LogP contribution in [0, 0.1) is 0 Å². The summed E-state index contributed by atoms with van der Waals surface area (Å²) in [5, 5.41) is 13.2. The van der Waals surface area contributed by atoms with Crippen LogP contribution in [0.5, 0.6) is 0 Å². The molecule has 0 fully saturated rings. The van der Waals surface area contributed by atoms with Gasteiger partial charge in [-0.15, -0.1) is 0 Å². The maximum Gasteiger partial charge on any atom is 0.0947 e. The van der Waals surface area contributed by atoms with E-state index in [0.29, 0.717) is 6.54 Å². The summed E-state index contributed by atoms with van der Waals surface area (Å²) < 4.78 is 4.95. The van der Waals surface area contributed by atoms with Crippen molar-refractivity contribution in [2.45, 2.75) is 38.8 Å². The summed E-state index contributed by atoms with van der Waals surface area (Å²) >= 11 is 0. The first-order valence-electron chi connectivity index (χ1n) is 5.14. The monoisotopic (exact) mass is 197 g/mol. The molecule has 3 nitrogen and oxygen atoms in total. The fourth-order valence-electron chi connectivity index (χ4n) is 1.33. The molecular formula is C11H19NO2. The van der Waals surface area contributed by atoms with Crippen molar-refractivity contribution in [2.75, 3.05) is 6.54 Å². The van der Waals surface area contributed by atoms with Crippen LogP contribution in [0.25, 0.3) is 0 Å². The van der Waals surface area contributed by atoms with Crippen LogP contribution in [0.3, 0.4) is 0 Å². The predicted octanol–water partition coefficient (Wildman–Crippen LogP) is 1.92. The molecule has 0 spiro atoms. The standard InChI is InChI=1S/C11H19NO2/c1-3-11(13,4-2)9-12-7-10-5-6-14-8-10/h5-6,8,12-13H,3-4,7,9H2,1-2H3. The molecule has 2 N–H and O–H groups in total. The van der Waals surface area contributed by atoms with Gasteiger partial charge in [0.15, 0.2) is 0 Å². The molecule has 0 aliphatic carbocycles. The van der Waals surface area contributed by atoms with E-state index >= 15 is 0 Å². The Morgan fingerprint density at radius 2 is 2.14 bits per heavy atom. The minimum absolute atomic E-state index is 0.566. The van der Waals surface area contributed by atoms with Gasteiger partial charge in [0.05, 0.1) is 18.1 Å². The molecule has 1 aromatic rings. The highest BCUT2D eigenvalue weighted by Gasteiger charge is 2.20. The molecule has 1 aromatic heterocycles. The van der Waals surface area contributed by atoms with E-state index in [1.165, 1.54) is 0 Å². The Balaban J connectivity index is 2.27. The number of nitrogens with one attached hydrogen (secondary N) is 1. The smallest absolute Gasteiger partial charge is 0.0947 e. The summed E-state index contributed by atoms with van der Waals surface area (Å²) in [6.07, 6.45) is 4.93. The summed E-state index contributed by atoms with van der Waals surface area (Å²) in [5.74, 6) is 0. The van der Waals surface area contributed by atoms with Crippen LogP contribution in [-0.2, 0) is 6.54 Å². The first-order valence-corrected chi connectivity index (χ1v) is 5.14. The summed E-state index contributed by atoms with van der Waals surface area (Å²) in [6, 6.07) is 1.92. The van der Waals surface area contributed by atoms with Crippen LogP contribution >= 0.6 is 0 Å². The topological polar surface area (TPSA) is 45.4 Å². The summed E-state index contributed by atoms with van der Waals surface area (Å²) in [6.45, 7) is 5.38. The molecule has 1 heterocycles. The van der Waals surface area contributed by atoms with E-state index in [1.54, 1.807) is 12.5 Å². The molecule has 0 amide bonds. The van der Waals surface area contributed by atoms with Gasteiger partial charge < -0.3 is 14.8 Å². The van der Waals surface area contributed by atoms with E-state index in [9.17, 15) is 5.11 Å². The van der Waals surface area contributed by atoms with Crippen molar-refractivity contribution < 1.29 is 9.52 Å². The zero-order chi connectivity index (χ0) is 10.4. The van der Waals surface area contributed by atoms with Gasteiger partial charge in [0.1, 0.15) is 0 Å². The highest BCUT2D eigenvalue weighted by molar-refractivity contribution is 5.04. The van der Waals surface area contributed by atoms with E-state index in [-0.39, 0.29) is 0 Å². The molecule has 0 saturated carbocycles. The van der Waals surface area contributed by atoms with Gasteiger partial charge >= 0.3 is 0 Å². The van der Waals surface area contributed by atoms with Gasteiger partial charge in [-0.05, 0) is 18.9 Å². The summed E-state index contributed by atoms with van der Waals surface area (Å²) in [4.78, 5) is 0. The van der Waals surface area contributed by atoms with Crippen LogP contribution in [-0.4, -0.2) is 17.3 Å². The van der Waals surface area contributed by atoms with Gasteiger partial charge in [0, 0.05) is 18.7 Å². The molecule has 0 aromatic carbocycles. The lowest BCUT2D eigenvalue weighted by atomic mass is 9.97. The Labute approximate surface area is 85.1 Å². The second kappa shape index (κ2) is 5.17. The third kappa shape index (κ3) is 3.16. The molecule has 0 unspecified atom stereocenters. The van der Waals surface area contributed by atoms with Crippen molar-refractivity contribution in [3.63, 3.8) is 0 Å². The van der Waals surface area contributed by atoms with E-state index in [4.69, 9.17) is 4.42 Å². The van der Waals surface area contributed by atoms with Crippen LogP contribution < -0.4 is 5.32 Å². The highest BCUT2D eigenvalue weighted by atomic mass is 16.3. The van der Waals surface area contributed by atoms with E-state index < -0.39 is 5.60 Å². The highest BCUT2D eigenvalue weighted by Crippen LogP contribution is 2.13. The maximum absolute atomic E-state index is 9.97. The molecule has 0 aliphatic heterocycles. The molecule has 0 atom stereocenters. The maximum atomic E-state index is 9.97. The number of hydrogen-bond donors (Lipinski definition) is 2. The van der Waals surface area contributed by atoms with Gasteiger partial charge in [0.2, 0.25) is 0 Å². The third-order valence-corrected chi connectivity index (χ3v) is 2.68. The zero-order valence-electron chi connectivity index (χ0n) is 8.92. The average molecular weight is 197 g/mol. The lowest BCUT2D eigenvalue weighted by Crippen LogP contribution is -2.39. The van der Waals surface area contributed by atoms with E-state index in [0.717, 1.165) is 24.9 Å². The van der Waals surface area contributed by atoms with E-state index in [1.807, 2.05) is 19.9 Å². The van der Waals surface area contributed by atoms with E-state index in [2.05, 4.69) is 5.32 Å². The summed E-state index contributed by atoms with van der Waals surface area (Å²) in [7, 11) is 0. The van der Waals surface area contributed by atoms with Crippen molar-refractivity contribution in [1.82, 2.24) is 5.32 Å². The normalized spacial score (nSPS) is 11.9. The number of hydrogen-bond acceptors (Lipinski definition) is 3. The molecule has 0 radical (unpaired) electrons. The molecule has 80 valence electrons. The Morgan fingerprint density at radius 3 is 2.64 bits per heavy atom. The molecule has 0 bridgehead atoms. The molecule has 1 rings (SSSR count). The first-order chi connectivity index (χ1) is 6.70. The molecule has 0 aliphatic rings. The van der Waals surface area contributed by atoms with Gasteiger partial charge in [-0.2, -0.15) is 0 Å². The fourth-order valence-corrected chi connectivity index (χ4v) is 1.33. The van der Waals surface area contributed by atoms with Crippen molar-refractivity contribution in [2.24, 2.45) is 0 Å². The van der Waals surface area contributed by atoms with Crippen LogP contribution in [0.4, 0.5) is 0 Å². The Hall–Kier alpha value is -0.800. The van der Waals surface area contributed by atoms with Crippen molar-refractivity contribution in [3.05, 3.63) is 24.2 Å². The molecule has 14 heavy (non-hydrogen) atoms. The summed E-state index contributed by atoms with van der Waals surface area (Å²) in [5.41, 5.74) is 0.545. The van der Waals surface area contributed by atoms with Crippen LogP contribution in [0.15, 0.2) is 23.0 Å². The van der Waals surface area contributed by atoms with Crippen molar-refractivity contribution in [1.29, 1.82) is 0 Å². The SMILES string of the molecule is CCC(O)(CC)CNCc1ccoc1. The minimum atomic E-state index is -0.566. The lowest BCUT2D eigenvalue weighted by molar-refractivity contribution is 0.0323. The predicted molar refractivity (Wildman–Crippen MR) is 55.9 cm³/mol. The van der Waals surface area contributed by atoms with Gasteiger partial charge in [-0.25, -0.2) is 0 Å². The first kappa shape index (κ1) is 11.3. The number of aliphatic hydroxyl groups is 1. The zero-order valence-corrected chi connectivity index (χ0v) is 8.92. The Morgan fingerprint density at radius 1 is 1.43 bits per heavy atom. The van der Waals surface area contributed by atoms with Gasteiger partial charge in [0.25, 0.3) is 0 Å². The molecule has 3 heteroatoms.